The first kappa shape index (κ1) is 22.8. The van der Waals surface area contributed by atoms with E-state index in [2.05, 4.69) is 51.9 Å². The first-order valence-corrected chi connectivity index (χ1v) is 11.0. The molecular weight excluding hydrogens is 388 g/mol. The molecular formula is C25H34N4O2. The number of hydrogen-bond acceptors (Lipinski definition) is 3. The molecule has 1 heterocycles. The molecule has 3 rings (SSSR count). The van der Waals surface area contributed by atoms with Gasteiger partial charge in [0.1, 0.15) is 0 Å². The SMILES string of the molecule is CCNC(=NCC(O)COC(C)c1ccccc1)NCCc1c[nH]c2c(C)cccc12. The van der Waals surface area contributed by atoms with Crippen molar-refractivity contribution in [1.29, 1.82) is 0 Å². The van der Waals surface area contributed by atoms with Crippen molar-refractivity contribution in [2.24, 2.45) is 4.99 Å². The lowest BCUT2D eigenvalue weighted by Crippen LogP contribution is -2.39. The maximum absolute atomic E-state index is 10.3. The Balaban J connectivity index is 1.47. The molecule has 0 fully saturated rings. The number of nitrogens with one attached hydrogen (secondary N) is 3. The number of guanidine groups is 1. The predicted molar refractivity (Wildman–Crippen MR) is 128 cm³/mol. The van der Waals surface area contributed by atoms with Gasteiger partial charge in [0.2, 0.25) is 0 Å². The largest absolute Gasteiger partial charge is 0.389 e. The van der Waals surface area contributed by atoms with E-state index < -0.39 is 6.10 Å². The zero-order valence-electron chi connectivity index (χ0n) is 18.7. The zero-order valence-corrected chi connectivity index (χ0v) is 18.7. The molecule has 0 radical (unpaired) electrons. The van der Waals surface area contributed by atoms with Crippen LogP contribution < -0.4 is 10.6 Å². The first-order valence-electron chi connectivity index (χ1n) is 11.0. The summed E-state index contributed by atoms with van der Waals surface area (Å²) in [6, 6.07) is 16.4. The van der Waals surface area contributed by atoms with E-state index in [0.717, 1.165) is 25.1 Å². The fourth-order valence-corrected chi connectivity index (χ4v) is 3.55. The summed E-state index contributed by atoms with van der Waals surface area (Å²) in [5.41, 5.74) is 4.83. The lowest BCUT2D eigenvalue weighted by atomic mass is 10.1. The minimum atomic E-state index is -0.654. The fraction of sp³-hybridized carbons (Fsp3) is 0.400. The summed E-state index contributed by atoms with van der Waals surface area (Å²) >= 11 is 0. The van der Waals surface area contributed by atoms with Gasteiger partial charge < -0.3 is 25.5 Å². The molecule has 4 N–H and O–H groups in total. The Morgan fingerprint density at radius 3 is 2.71 bits per heavy atom. The van der Waals surface area contributed by atoms with Gasteiger partial charge in [-0.15, -0.1) is 0 Å². The van der Waals surface area contributed by atoms with Crippen LogP contribution in [-0.4, -0.2) is 48.4 Å². The summed E-state index contributed by atoms with van der Waals surface area (Å²) in [6.45, 7) is 8.17. The molecule has 1 aromatic heterocycles. The van der Waals surface area contributed by atoms with Gasteiger partial charge in [-0.05, 0) is 43.9 Å². The normalized spacial score (nSPS) is 13.9. The quantitative estimate of drug-likeness (QED) is 0.297. The van der Waals surface area contributed by atoms with Crippen molar-refractivity contribution in [3.63, 3.8) is 0 Å². The van der Waals surface area contributed by atoms with Crippen molar-refractivity contribution in [2.45, 2.75) is 39.4 Å². The molecule has 2 aromatic carbocycles. The number of benzene rings is 2. The number of aliphatic hydroxyl groups is 1. The van der Waals surface area contributed by atoms with Gasteiger partial charge in [0.25, 0.3) is 0 Å². The van der Waals surface area contributed by atoms with Gasteiger partial charge >= 0.3 is 0 Å². The molecule has 2 atom stereocenters. The molecule has 31 heavy (non-hydrogen) atoms. The number of nitrogens with zero attached hydrogens (tertiary/aromatic N) is 1. The van der Waals surface area contributed by atoms with Crippen LogP contribution in [-0.2, 0) is 11.2 Å². The third kappa shape index (κ3) is 6.57. The number of aliphatic imine (C=N–C) groups is 1. The molecule has 0 aliphatic rings. The van der Waals surface area contributed by atoms with Crippen molar-refractivity contribution in [1.82, 2.24) is 15.6 Å². The summed E-state index contributed by atoms with van der Waals surface area (Å²) < 4.78 is 5.80. The number of aromatic nitrogens is 1. The van der Waals surface area contributed by atoms with Crippen LogP contribution in [0.5, 0.6) is 0 Å². The number of rotatable bonds is 10. The van der Waals surface area contributed by atoms with Crippen LogP contribution in [0.1, 0.15) is 36.6 Å². The molecule has 6 nitrogen and oxygen atoms in total. The van der Waals surface area contributed by atoms with Crippen molar-refractivity contribution >= 4 is 16.9 Å². The summed E-state index contributed by atoms with van der Waals surface area (Å²) in [6.07, 6.45) is 2.25. The van der Waals surface area contributed by atoms with Crippen LogP contribution in [0.3, 0.4) is 0 Å². The van der Waals surface area contributed by atoms with Gasteiger partial charge in [0, 0.05) is 30.2 Å². The Bertz CT molecular complexity index is 968. The van der Waals surface area contributed by atoms with Gasteiger partial charge in [-0.25, -0.2) is 0 Å². The fourth-order valence-electron chi connectivity index (χ4n) is 3.55. The lowest BCUT2D eigenvalue weighted by molar-refractivity contribution is 0.00112. The van der Waals surface area contributed by atoms with Crippen molar-refractivity contribution in [2.75, 3.05) is 26.2 Å². The highest BCUT2D eigenvalue weighted by Crippen LogP contribution is 2.21. The van der Waals surface area contributed by atoms with Crippen molar-refractivity contribution < 1.29 is 9.84 Å². The van der Waals surface area contributed by atoms with E-state index in [1.807, 2.05) is 44.2 Å². The molecule has 0 saturated heterocycles. The minimum Gasteiger partial charge on any atom is -0.389 e. The highest BCUT2D eigenvalue weighted by atomic mass is 16.5. The number of fused-ring (bicyclic) bond motifs is 1. The average Bonchev–Trinajstić information content (AvgIpc) is 3.21. The first-order chi connectivity index (χ1) is 15.1. The van der Waals surface area contributed by atoms with E-state index in [-0.39, 0.29) is 19.3 Å². The molecule has 0 aliphatic carbocycles. The van der Waals surface area contributed by atoms with Gasteiger partial charge in [-0.1, -0.05) is 48.5 Å². The Kier molecular flexibility index (Phi) is 8.50. The van der Waals surface area contributed by atoms with E-state index in [9.17, 15) is 5.11 Å². The second-order valence-corrected chi connectivity index (χ2v) is 7.75. The molecule has 0 spiro atoms. The smallest absolute Gasteiger partial charge is 0.191 e. The van der Waals surface area contributed by atoms with Gasteiger partial charge in [0.05, 0.1) is 25.4 Å². The maximum atomic E-state index is 10.3. The van der Waals surface area contributed by atoms with E-state index >= 15 is 0 Å². The molecule has 0 amide bonds. The Morgan fingerprint density at radius 1 is 1.13 bits per heavy atom. The van der Waals surface area contributed by atoms with Gasteiger partial charge in [-0.2, -0.15) is 0 Å². The van der Waals surface area contributed by atoms with E-state index in [4.69, 9.17) is 4.74 Å². The average molecular weight is 423 g/mol. The lowest BCUT2D eigenvalue weighted by Gasteiger charge is -2.16. The number of hydrogen-bond donors (Lipinski definition) is 4. The Hall–Kier alpha value is -2.83. The van der Waals surface area contributed by atoms with Crippen molar-refractivity contribution in [3.05, 3.63) is 71.4 Å². The minimum absolute atomic E-state index is 0.0639. The molecule has 0 bridgehead atoms. The Labute approximate surface area is 184 Å². The van der Waals surface area contributed by atoms with E-state index in [1.165, 1.54) is 22.0 Å². The number of ether oxygens (including phenoxy) is 1. The number of aromatic amines is 1. The van der Waals surface area contributed by atoms with Crippen LogP contribution in [0.25, 0.3) is 10.9 Å². The highest BCUT2D eigenvalue weighted by Gasteiger charge is 2.10. The summed E-state index contributed by atoms with van der Waals surface area (Å²) in [5.74, 6) is 0.702. The van der Waals surface area contributed by atoms with Crippen LogP contribution in [0.4, 0.5) is 0 Å². The topological polar surface area (TPSA) is 81.7 Å². The predicted octanol–water partition coefficient (Wildman–Crippen LogP) is 3.71. The van der Waals surface area contributed by atoms with E-state index in [0.29, 0.717) is 5.96 Å². The second-order valence-electron chi connectivity index (χ2n) is 7.75. The summed E-state index contributed by atoms with van der Waals surface area (Å²) in [5, 5.41) is 18.1. The monoisotopic (exact) mass is 422 g/mol. The van der Waals surface area contributed by atoms with Gasteiger partial charge in [-0.3, -0.25) is 4.99 Å². The van der Waals surface area contributed by atoms with Crippen LogP contribution >= 0.6 is 0 Å². The van der Waals surface area contributed by atoms with E-state index in [1.54, 1.807) is 0 Å². The van der Waals surface area contributed by atoms with Crippen molar-refractivity contribution in [3.8, 4) is 0 Å². The molecule has 6 heteroatoms. The number of H-pyrrole nitrogens is 1. The standard InChI is InChI=1S/C25H34N4O2/c1-4-26-25(27-14-13-21-15-28-24-18(2)9-8-12-23(21)24)29-16-22(30)17-31-19(3)20-10-6-5-7-11-20/h5-12,15,19,22,28,30H,4,13-14,16-17H2,1-3H3,(H2,26,27,29). The zero-order chi connectivity index (χ0) is 22.1. The molecule has 2 unspecified atom stereocenters. The summed E-state index contributed by atoms with van der Waals surface area (Å²) in [7, 11) is 0. The number of aliphatic hydroxyl groups excluding tert-OH is 1. The number of aryl methyl sites for hydroxylation is 1. The third-order valence-electron chi connectivity index (χ3n) is 5.31. The summed E-state index contributed by atoms with van der Waals surface area (Å²) in [4.78, 5) is 7.89. The molecule has 0 aliphatic heterocycles. The molecule has 0 saturated carbocycles. The Morgan fingerprint density at radius 2 is 1.94 bits per heavy atom. The highest BCUT2D eigenvalue weighted by molar-refractivity contribution is 5.86. The van der Waals surface area contributed by atoms with Crippen LogP contribution in [0.2, 0.25) is 0 Å². The molecule has 3 aromatic rings. The molecule has 166 valence electrons. The maximum Gasteiger partial charge on any atom is 0.191 e. The number of para-hydroxylation sites is 1. The van der Waals surface area contributed by atoms with Crippen LogP contribution in [0, 0.1) is 6.92 Å². The second kappa shape index (κ2) is 11.5. The van der Waals surface area contributed by atoms with Gasteiger partial charge in [0.15, 0.2) is 5.96 Å². The van der Waals surface area contributed by atoms with Crippen LogP contribution in [0.15, 0.2) is 59.7 Å². The third-order valence-corrected chi connectivity index (χ3v) is 5.31.